The average molecular weight is 403 g/mol. The predicted molar refractivity (Wildman–Crippen MR) is 104 cm³/mol. The Balaban J connectivity index is 1.44. The first-order chi connectivity index (χ1) is 14.1. The summed E-state index contributed by atoms with van der Waals surface area (Å²) in [6.07, 6.45) is 0.150. The second-order valence-corrected chi connectivity index (χ2v) is 6.74. The topological polar surface area (TPSA) is 92.3 Å². The molecule has 0 radical (unpaired) electrons. The number of methoxy groups -OCH3 is 1. The van der Waals surface area contributed by atoms with E-state index in [4.69, 9.17) is 14.2 Å². The first-order valence-corrected chi connectivity index (χ1v) is 9.49. The largest absolute Gasteiger partial charge is 0.497 e. The minimum atomic E-state index is -0.807. The molecule has 2 aromatic carbocycles. The number of carbonyl (C=O) groups is 2. The van der Waals surface area contributed by atoms with E-state index in [0.717, 1.165) is 18.1 Å². The molecule has 0 aromatic heterocycles. The molecule has 29 heavy (non-hydrogen) atoms. The Hall–Kier alpha value is -2.84. The van der Waals surface area contributed by atoms with E-state index < -0.39 is 12.1 Å². The van der Waals surface area contributed by atoms with Gasteiger partial charge in [-0.2, -0.15) is 0 Å². The van der Waals surface area contributed by atoms with Crippen molar-refractivity contribution in [1.82, 2.24) is 5.32 Å². The van der Waals surface area contributed by atoms with Crippen molar-refractivity contribution in [2.75, 3.05) is 26.9 Å². The number of nitrogens with one attached hydrogen (secondary N) is 1. The molecule has 3 rings (SSSR count). The third-order valence-corrected chi connectivity index (χ3v) is 4.65. The van der Waals surface area contributed by atoms with E-state index in [9.17, 15) is 9.59 Å². The highest BCUT2D eigenvalue weighted by Crippen LogP contribution is 2.31. The summed E-state index contributed by atoms with van der Waals surface area (Å²) >= 11 is 0. The summed E-state index contributed by atoms with van der Waals surface area (Å²) in [4.78, 5) is 30.2. The van der Waals surface area contributed by atoms with Crippen LogP contribution >= 0.6 is 0 Å². The lowest BCUT2D eigenvalue weighted by Gasteiger charge is -2.30. The number of fused-ring (bicyclic) bond motifs is 1. The van der Waals surface area contributed by atoms with Gasteiger partial charge in [0.05, 0.1) is 20.3 Å². The Morgan fingerprint density at radius 2 is 1.93 bits per heavy atom. The highest BCUT2D eigenvalue weighted by atomic mass is 17.2. The zero-order chi connectivity index (χ0) is 20.6. The fraction of sp³-hybridized carbons (Fsp3) is 0.429. The fourth-order valence-electron chi connectivity index (χ4n) is 3.24. The van der Waals surface area contributed by atoms with Crippen molar-refractivity contribution >= 4 is 22.8 Å². The number of ether oxygens (including phenoxy) is 3. The van der Waals surface area contributed by atoms with Gasteiger partial charge >= 0.3 is 12.1 Å². The van der Waals surface area contributed by atoms with Gasteiger partial charge in [0.15, 0.2) is 6.29 Å². The van der Waals surface area contributed by atoms with Crippen molar-refractivity contribution in [3.8, 4) is 5.75 Å². The van der Waals surface area contributed by atoms with Crippen molar-refractivity contribution < 1.29 is 33.6 Å². The first-order valence-electron chi connectivity index (χ1n) is 9.49. The predicted octanol–water partition coefficient (Wildman–Crippen LogP) is 3.29. The number of hydrogen-bond acceptors (Lipinski definition) is 7. The van der Waals surface area contributed by atoms with E-state index in [-0.39, 0.29) is 12.2 Å². The van der Waals surface area contributed by atoms with Crippen molar-refractivity contribution in [2.24, 2.45) is 0 Å². The molecule has 0 aliphatic carbocycles. The third-order valence-electron chi connectivity index (χ3n) is 4.65. The summed E-state index contributed by atoms with van der Waals surface area (Å²) < 4.78 is 17.0. The van der Waals surface area contributed by atoms with Gasteiger partial charge in [-0.1, -0.05) is 24.3 Å². The number of benzene rings is 2. The molecule has 8 nitrogen and oxygen atoms in total. The maximum absolute atomic E-state index is 11.3. The quantitative estimate of drug-likeness (QED) is 0.449. The molecule has 0 unspecified atom stereocenters. The molecular formula is C21H25NO7. The average Bonchev–Trinajstić information content (AvgIpc) is 2.75. The van der Waals surface area contributed by atoms with Crippen LogP contribution in [0.25, 0.3) is 10.8 Å². The lowest BCUT2D eigenvalue weighted by Crippen LogP contribution is -2.32. The van der Waals surface area contributed by atoms with Gasteiger partial charge in [-0.25, -0.2) is 19.4 Å². The van der Waals surface area contributed by atoms with Crippen LogP contribution in [-0.2, 0) is 24.0 Å². The Labute approximate surface area is 168 Å². The Morgan fingerprint density at radius 3 is 2.66 bits per heavy atom. The number of hydrogen-bond donors (Lipinski definition) is 1. The zero-order valence-corrected chi connectivity index (χ0v) is 16.5. The van der Waals surface area contributed by atoms with Crippen molar-refractivity contribution in [3.63, 3.8) is 0 Å². The molecule has 156 valence electrons. The Bertz CT molecular complexity index is 846. The summed E-state index contributed by atoms with van der Waals surface area (Å²) in [5, 5.41) is 4.77. The molecule has 1 aliphatic heterocycles. The van der Waals surface area contributed by atoms with Crippen LogP contribution in [0, 0.1) is 0 Å². The SMILES string of the molecule is COc1ccc2c(cccc2[C@H]2CO[C@H](CCCNC(=O)OOC(C)=O)OC2)c1. The summed E-state index contributed by atoms with van der Waals surface area (Å²) in [7, 11) is 1.66. The Kier molecular flexibility index (Phi) is 7.26. The van der Waals surface area contributed by atoms with Gasteiger partial charge in [0, 0.05) is 25.8 Å². The maximum atomic E-state index is 11.3. The van der Waals surface area contributed by atoms with Crippen LogP contribution in [0.1, 0.15) is 31.2 Å². The van der Waals surface area contributed by atoms with E-state index in [2.05, 4.69) is 33.3 Å². The molecule has 1 N–H and O–H groups in total. The van der Waals surface area contributed by atoms with E-state index >= 15 is 0 Å². The van der Waals surface area contributed by atoms with Crippen LogP contribution in [0.2, 0.25) is 0 Å². The lowest BCUT2D eigenvalue weighted by molar-refractivity contribution is -0.229. The molecule has 1 heterocycles. The van der Waals surface area contributed by atoms with Crippen LogP contribution in [0.15, 0.2) is 36.4 Å². The molecule has 0 spiro atoms. The molecule has 0 atom stereocenters. The van der Waals surface area contributed by atoms with Crippen LogP contribution < -0.4 is 10.1 Å². The summed E-state index contributed by atoms with van der Waals surface area (Å²) in [5.41, 5.74) is 1.19. The van der Waals surface area contributed by atoms with Crippen molar-refractivity contribution in [1.29, 1.82) is 0 Å². The van der Waals surface area contributed by atoms with Gasteiger partial charge < -0.3 is 19.5 Å². The third kappa shape index (κ3) is 5.82. The van der Waals surface area contributed by atoms with Crippen LogP contribution in [-0.4, -0.2) is 45.2 Å². The molecule has 8 heteroatoms. The monoisotopic (exact) mass is 403 g/mol. The lowest BCUT2D eigenvalue weighted by atomic mass is 9.94. The van der Waals surface area contributed by atoms with E-state index in [0.29, 0.717) is 32.6 Å². The van der Waals surface area contributed by atoms with Crippen LogP contribution in [0.4, 0.5) is 4.79 Å². The molecule has 0 bridgehead atoms. The second-order valence-electron chi connectivity index (χ2n) is 6.74. The molecule has 2 aromatic rings. The summed E-state index contributed by atoms with van der Waals surface area (Å²) in [5.74, 6) is 0.292. The zero-order valence-electron chi connectivity index (χ0n) is 16.5. The summed E-state index contributed by atoms with van der Waals surface area (Å²) in [6, 6.07) is 12.2. The molecular weight excluding hydrogens is 378 g/mol. The molecule has 1 amide bonds. The van der Waals surface area contributed by atoms with E-state index in [1.807, 2.05) is 18.2 Å². The fourth-order valence-corrected chi connectivity index (χ4v) is 3.24. The minimum absolute atomic E-state index is 0.153. The van der Waals surface area contributed by atoms with Gasteiger partial charge in [-0.05, 0) is 34.9 Å². The highest BCUT2D eigenvalue weighted by molar-refractivity contribution is 5.87. The van der Waals surface area contributed by atoms with Crippen molar-refractivity contribution in [3.05, 3.63) is 42.0 Å². The normalized spacial score (nSPS) is 18.8. The standard InChI is InChI=1S/C21H25NO7/c1-14(23)28-29-21(24)22-10-4-7-20-26-12-16(13-27-20)18-6-3-5-15-11-17(25-2)8-9-19(15)18/h3,5-6,8-9,11,16,20H,4,7,10,12-13H2,1-2H3,(H,22,24)/t16-,20-. The van der Waals surface area contributed by atoms with Gasteiger partial charge in [0.2, 0.25) is 0 Å². The van der Waals surface area contributed by atoms with Gasteiger partial charge in [0.1, 0.15) is 5.75 Å². The van der Waals surface area contributed by atoms with Gasteiger partial charge in [-0.3, -0.25) is 0 Å². The number of rotatable bonds is 6. The molecule has 1 fully saturated rings. The van der Waals surface area contributed by atoms with Crippen molar-refractivity contribution in [2.45, 2.75) is 32.0 Å². The molecule has 0 saturated carbocycles. The number of amides is 1. The second kappa shape index (κ2) is 10.1. The number of carbonyl (C=O) groups excluding carboxylic acids is 2. The smallest absolute Gasteiger partial charge is 0.450 e. The van der Waals surface area contributed by atoms with Gasteiger partial charge in [-0.15, -0.1) is 0 Å². The van der Waals surface area contributed by atoms with E-state index in [1.165, 1.54) is 10.9 Å². The Morgan fingerprint density at radius 1 is 1.14 bits per heavy atom. The summed E-state index contributed by atoms with van der Waals surface area (Å²) in [6.45, 7) is 2.64. The van der Waals surface area contributed by atoms with E-state index in [1.54, 1.807) is 7.11 Å². The van der Waals surface area contributed by atoms with Crippen LogP contribution in [0.3, 0.4) is 0 Å². The molecule has 1 aliphatic rings. The first kappa shape index (κ1) is 20.9. The van der Waals surface area contributed by atoms with Gasteiger partial charge in [0.25, 0.3) is 0 Å². The maximum Gasteiger partial charge on any atom is 0.450 e. The highest BCUT2D eigenvalue weighted by Gasteiger charge is 2.24. The van der Waals surface area contributed by atoms with Crippen LogP contribution in [0.5, 0.6) is 5.75 Å². The minimum Gasteiger partial charge on any atom is -0.497 e. The molecule has 1 saturated heterocycles.